The Morgan fingerprint density at radius 2 is 1.33 bits per heavy atom. The van der Waals surface area contributed by atoms with Crippen molar-refractivity contribution in [1.29, 1.82) is 0 Å². The summed E-state index contributed by atoms with van der Waals surface area (Å²) in [5.41, 5.74) is 5.15. The number of piperidine rings is 1. The van der Waals surface area contributed by atoms with Crippen molar-refractivity contribution in [2.24, 2.45) is 13.0 Å². The first-order chi connectivity index (χ1) is 25.0. The van der Waals surface area contributed by atoms with Gasteiger partial charge in [0.25, 0.3) is 0 Å². The van der Waals surface area contributed by atoms with E-state index >= 15 is 0 Å². The molecule has 0 amide bonds. The van der Waals surface area contributed by atoms with E-state index in [2.05, 4.69) is 11.0 Å². The van der Waals surface area contributed by atoms with Crippen LogP contribution in [-0.4, -0.2) is 59.9 Å². The highest BCUT2D eigenvalue weighted by atomic mass is 16.7. The zero-order valence-corrected chi connectivity index (χ0v) is 29.8. The molecule has 0 N–H and O–H groups in total. The van der Waals surface area contributed by atoms with Gasteiger partial charge in [-0.2, -0.15) is 4.98 Å². The third-order valence-corrected chi connectivity index (χ3v) is 10.3. The molecule has 1 aliphatic heterocycles. The van der Waals surface area contributed by atoms with Crippen molar-refractivity contribution in [3.05, 3.63) is 113 Å². The van der Waals surface area contributed by atoms with Gasteiger partial charge in [0.2, 0.25) is 11.8 Å². The average Bonchev–Trinajstić information content (AvgIpc) is 3.44. The molecule has 10 nitrogen and oxygen atoms in total. The Hall–Kier alpha value is -4.64. The highest BCUT2D eigenvalue weighted by Crippen LogP contribution is 2.35. The molecule has 51 heavy (non-hydrogen) atoms. The number of anilines is 1. The number of rotatable bonds is 13. The van der Waals surface area contributed by atoms with Gasteiger partial charge in [-0.1, -0.05) is 66.7 Å². The van der Waals surface area contributed by atoms with Crippen molar-refractivity contribution in [3.63, 3.8) is 0 Å². The summed E-state index contributed by atoms with van der Waals surface area (Å²) in [5, 5.41) is 0. The van der Waals surface area contributed by atoms with Crippen LogP contribution in [-0.2, 0) is 34.5 Å². The van der Waals surface area contributed by atoms with Gasteiger partial charge < -0.3 is 28.6 Å². The minimum absolute atomic E-state index is 0.134. The fourth-order valence-corrected chi connectivity index (χ4v) is 7.59. The van der Waals surface area contributed by atoms with Gasteiger partial charge in [-0.15, -0.1) is 0 Å². The van der Waals surface area contributed by atoms with Gasteiger partial charge in [0.15, 0.2) is 6.29 Å². The monoisotopic (exact) mass is 692 g/mol. The number of pyridine rings is 1. The second kappa shape index (κ2) is 16.1. The number of aromatic nitrogens is 3. The van der Waals surface area contributed by atoms with Gasteiger partial charge >= 0.3 is 5.69 Å². The van der Waals surface area contributed by atoms with Crippen LogP contribution < -0.4 is 20.1 Å². The molecule has 1 saturated heterocycles. The maximum Gasteiger partial charge on any atom is 0.333 e. The molecule has 0 bridgehead atoms. The summed E-state index contributed by atoms with van der Waals surface area (Å²) in [6.45, 7) is 2.38. The normalized spacial score (nSPS) is 18.4. The molecular formula is C41H48N4O6. The smallest absolute Gasteiger partial charge is 0.333 e. The van der Waals surface area contributed by atoms with Crippen LogP contribution >= 0.6 is 0 Å². The van der Waals surface area contributed by atoms with Crippen LogP contribution in [0, 0.1) is 5.92 Å². The third-order valence-electron chi connectivity index (χ3n) is 10.3. The topological polar surface area (TPSA) is 89.2 Å². The van der Waals surface area contributed by atoms with Crippen LogP contribution in [0.2, 0.25) is 0 Å². The fourth-order valence-electron chi connectivity index (χ4n) is 7.59. The molecule has 2 fully saturated rings. The molecule has 2 aliphatic rings. The van der Waals surface area contributed by atoms with Crippen molar-refractivity contribution in [2.45, 2.75) is 70.2 Å². The molecule has 0 spiro atoms. The van der Waals surface area contributed by atoms with E-state index in [4.69, 9.17) is 28.7 Å². The molecule has 3 aromatic carbocycles. The van der Waals surface area contributed by atoms with E-state index < -0.39 is 0 Å². The Kier molecular flexibility index (Phi) is 11.0. The number of nitrogens with zero attached hydrogens (tertiary/aromatic N) is 4. The molecule has 10 heteroatoms. The number of ether oxygens (including phenoxy) is 5. The predicted octanol–water partition coefficient (Wildman–Crippen LogP) is 7.05. The van der Waals surface area contributed by atoms with E-state index in [0.717, 1.165) is 79.5 Å². The second-order valence-corrected chi connectivity index (χ2v) is 13.5. The van der Waals surface area contributed by atoms with Gasteiger partial charge in [0, 0.05) is 46.3 Å². The molecule has 1 saturated carbocycles. The molecule has 7 rings (SSSR count). The lowest BCUT2D eigenvalue weighted by Gasteiger charge is -2.38. The zero-order chi connectivity index (χ0) is 35.2. The molecule has 0 unspecified atom stereocenters. The lowest BCUT2D eigenvalue weighted by molar-refractivity contribution is -0.153. The van der Waals surface area contributed by atoms with Crippen molar-refractivity contribution in [3.8, 4) is 17.4 Å². The maximum absolute atomic E-state index is 14.1. The fraction of sp³-hybridized carbons (Fsp3) is 0.415. The molecule has 0 radical (unpaired) electrons. The quantitative estimate of drug-likeness (QED) is 0.121. The average molecular weight is 693 g/mol. The highest BCUT2D eigenvalue weighted by Gasteiger charge is 2.31. The van der Waals surface area contributed by atoms with E-state index in [0.29, 0.717) is 36.6 Å². The summed E-state index contributed by atoms with van der Waals surface area (Å²) in [6.07, 6.45) is 6.45. The summed E-state index contributed by atoms with van der Waals surface area (Å²) >= 11 is 0. The maximum atomic E-state index is 14.1. The summed E-state index contributed by atoms with van der Waals surface area (Å²) in [6, 6.07) is 29.7. The van der Waals surface area contributed by atoms with Crippen molar-refractivity contribution < 1.29 is 23.7 Å². The van der Waals surface area contributed by atoms with E-state index in [-0.39, 0.29) is 24.2 Å². The van der Waals surface area contributed by atoms with Crippen molar-refractivity contribution in [2.75, 3.05) is 32.2 Å². The zero-order valence-electron chi connectivity index (χ0n) is 29.8. The van der Waals surface area contributed by atoms with Gasteiger partial charge in [0.1, 0.15) is 18.9 Å². The summed E-state index contributed by atoms with van der Waals surface area (Å²) in [4.78, 5) is 21.2. The Balaban J connectivity index is 1.10. The number of para-hydroxylation sites is 1. The van der Waals surface area contributed by atoms with Crippen LogP contribution in [0.4, 0.5) is 5.69 Å². The van der Waals surface area contributed by atoms with Crippen molar-refractivity contribution in [1.82, 2.24) is 14.1 Å². The second-order valence-electron chi connectivity index (χ2n) is 13.5. The molecule has 1 aliphatic carbocycles. The molecule has 2 aromatic heterocycles. The van der Waals surface area contributed by atoms with Crippen LogP contribution in [0.15, 0.2) is 95.8 Å². The summed E-state index contributed by atoms with van der Waals surface area (Å²) in [7, 11) is 5.27. The Bertz CT molecular complexity index is 1920. The number of benzene rings is 3. The number of hydrogen-bond donors (Lipinski definition) is 0. The van der Waals surface area contributed by atoms with E-state index in [1.165, 1.54) is 0 Å². The van der Waals surface area contributed by atoms with Crippen LogP contribution in [0.1, 0.15) is 49.7 Å². The minimum atomic E-state index is -0.167. The highest BCUT2D eigenvalue weighted by molar-refractivity contribution is 5.91. The molecule has 0 atom stereocenters. The van der Waals surface area contributed by atoms with E-state index in [1.54, 1.807) is 29.4 Å². The van der Waals surface area contributed by atoms with Gasteiger partial charge in [-0.25, -0.2) is 4.79 Å². The van der Waals surface area contributed by atoms with Crippen LogP contribution in [0.25, 0.3) is 16.7 Å². The van der Waals surface area contributed by atoms with E-state index in [9.17, 15) is 4.79 Å². The predicted molar refractivity (Wildman–Crippen MR) is 198 cm³/mol. The largest absolute Gasteiger partial charge is 0.473 e. The standard InChI is InChI=1S/C41H48N4O6/c1-43-38-34(44-25-23-33(24-26-44)51-32-19-17-31(18-20-32)40(47-2)48-3)15-10-16-35(38)45(41(43)46)36-21-22-37(49-27-29-11-6-4-7-12-29)42-39(36)50-28-30-13-8-5-9-14-30/h4-16,21-22,31-33,40H,17-20,23-28H2,1-3H3. The Labute approximate surface area is 299 Å². The minimum Gasteiger partial charge on any atom is -0.473 e. The van der Waals surface area contributed by atoms with Gasteiger partial charge in [-0.05, 0) is 67.9 Å². The number of fused-ring (bicyclic) bond motifs is 1. The first-order valence-corrected chi connectivity index (χ1v) is 18.0. The third kappa shape index (κ3) is 7.83. The van der Waals surface area contributed by atoms with Crippen LogP contribution in [0.3, 0.4) is 0 Å². The first-order valence-electron chi connectivity index (χ1n) is 18.0. The number of aryl methyl sites for hydroxylation is 1. The lowest BCUT2D eigenvalue weighted by Crippen LogP contribution is -2.40. The van der Waals surface area contributed by atoms with Crippen molar-refractivity contribution >= 4 is 16.7 Å². The summed E-state index contributed by atoms with van der Waals surface area (Å²) < 4.78 is 33.5. The molecule has 268 valence electrons. The van der Waals surface area contributed by atoms with E-state index in [1.807, 2.05) is 85.9 Å². The number of hydrogen-bond acceptors (Lipinski definition) is 8. The summed E-state index contributed by atoms with van der Waals surface area (Å²) in [5.74, 6) is 1.18. The van der Waals surface area contributed by atoms with Crippen LogP contribution in [0.5, 0.6) is 11.8 Å². The first kappa shape index (κ1) is 34.8. The molecule has 5 aromatic rings. The Morgan fingerprint density at radius 3 is 1.98 bits per heavy atom. The lowest BCUT2D eigenvalue weighted by atomic mass is 9.86. The number of methoxy groups -OCH3 is 2. The SMILES string of the molecule is COC(OC)C1CCC(OC2CCN(c3cccc4c3n(C)c(=O)n4-c3ccc(OCc4ccccc4)nc3OCc3ccccc3)CC2)CC1. The molecule has 3 heterocycles. The Morgan fingerprint density at radius 1 is 0.706 bits per heavy atom. The van der Waals surface area contributed by atoms with Gasteiger partial charge in [-0.3, -0.25) is 9.13 Å². The number of imidazole rings is 1. The molecular weight excluding hydrogens is 644 g/mol. The van der Waals surface area contributed by atoms with Gasteiger partial charge in [0.05, 0.1) is 28.9 Å².